The topological polar surface area (TPSA) is 70.3 Å². The second kappa shape index (κ2) is 5.52. The molecule has 0 aliphatic heterocycles. The van der Waals surface area contributed by atoms with E-state index in [9.17, 15) is 4.79 Å². The van der Waals surface area contributed by atoms with Gasteiger partial charge < -0.3 is 9.84 Å². The summed E-state index contributed by atoms with van der Waals surface area (Å²) in [6.07, 6.45) is 0.0517. The van der Waals surface area contributed by atoms with E-state index in [1.807, 2.05) is 13.0 Å². The van der Waals surface area contributed by atoms with Crippen LogP contribution in [0, 0.1) is 11.3 Å². The van der Waals surface area contributed by atoms with Gasteiger partial charge in [-0.05, 0) is 40.5 Å². The van der Waals surface area contributed by atoms with Gasteiger partial charge in [-0.3, -0.25) is 0 Å². The van der Waals surface area contributed by atoms with Gasteiger partial charge in [-0.15, -0.1) is 0 Å². The molecule has 1 atom stereocenters. The minimum Gasteiger partial charge on any atom is -0.478 e. The van der Waals surface area contributed by atoms with Crippen LogP contribution in [-0.2, 0) is 0 Å². The minimum atomic E-state index is -1.00. The zero-order valence-corrected chi connectivity index (χ0v) is 10.2. The molecular weight excluding hydrogens is 274 g/mol. The lowest BCUT2D eigenvalue weighted by atomic mass is 10.2. The molecular formula is C11H10BrNO3. The number of aromatic carboxylic acids is 1. The molecule has 0 bridgehead atoms. The highest BCUT2D eigenvalue weighted by molar-refractivity contribution is 9.10. The second-order valence-corrected chi connectivity index (χ2v) is 3.95. The molecule has 0 heterocycles. The zero-order valence-electron chi connectivity index (χ0n) is 8.61. The van der Waals surface area contributed by atoms with Crippen molar-refractivity contribution in [1.29, 1.82) is 5.26 Å². The molecule has 4 nitrogen and oxygen atoms in total. The van der Waals surface area contributed by atoms with Gasteiger partial charge in [0.1, 0.15) is 11.8 Å². The molecule has 0 amide bonds. The van der Waals surface area contributed by atoms with Gasteiger partial charge in [0.15, 0.2) is 6.10 Å². The molecule has 0 radical (unpaired) electrons. The van der Waals surface area contributed by atoms with Crippen LogP contribution in [0.1, 0.15) is 23.7 Å². The van der Waals surface area contributed by atoms with Crippen molar-refractivity contribution in [2.45, 2.75) is 19.4 Å². The maximum absolute atomic E-state index is 10.7. The summed E-state index contributed by atoms with van der Waals surface area (Å²) < 4.78 is 5.91. The molecule has 1 aromatic carbocycles. The number of hydrogen-bond acceptors (Lipinski definition) is 3. The molecule has 0 spiro atoms. The van der Waals surface area contributed by atoms with E-state index in [2.05, 4.69) is 15.9 Å². The normalized spacial score (nSPS) is 11.6. The lowest BCUT2D eigenvalue weighted by molar-refractivity contribution is 0.0696. The summed E-state index contributed by atoms with van der Waals surface area (Å²) >= 11 is 3.20. The van der Waals surface area contributed by atoms with Gasteiger partial charge in [-0.1, -0.05) is 6.92 Å². The largest absolute Gasteiger partial charge is 0.478 e. The first kappa shape index (κ1) is 12.5. The Kier molecular flexibility index (Phi) is 4.32. The molecule has 0 fully saturated rings. The number of rotatable bonds is 4. The van der Waals surface area contributed by atoms with E-state index in [0.717, 1.165) is 0 Å². The fraction of sp³-hybridized carbons (Fsp3) is 0.273. The number of carbonyl (C=O) groups is 1. The standard InChI is InChI=1S/C11H10BrNO3/c1-2-8(6-13)16-10-4-3-7(11(14)15)5-9(10)12/h3-5,8H,2H2,1H3,(H,14,15). The highest BCUT2D eigenvalue weighted by atomic mass is 79.9. The van der Waals surface area contributed by atoms with Gasteiger partial charge in [0.05, 0.1) is 10.0 Å². The molecule has 84 valence electrons. The van der Waals surface area contributed by atoms with Crippen LogP contribution in [0.5, 0.6) is 5.75 Å². The van der Waals surface area contributed by atoms with Crippen LogP contribution in [0.2, 0.25) is 0 Å². The summed E-state index contributed by atoms with van der Waals surface area (Å²) in [5, 5.41) is 17.5. The van der Waals surface area contributed by atoms with Gasteiger partial charge in [-0.2, -0.15) is 5.26 Å². The van der Waals surface area contributed by atoms with E-state index in [0.29, 0.717) is 16.6 Å². The number of benzene rings is 1. The fourth-order valence-corrected chi connectivity index (χ4v) is 1.56. The Morgan fingerprint density at radius 1 is 1.69 bits per heavy atom. The Labute approximate surface area is 102 Å². The average Bonchev–Trinajstić information content (AvgIpc) is 2.27. The van der Waals surface area contributed by atoms with Crippen molar-refractivity contribution in [3.63, 3.8) is 0 Å². The van der Waals surface area contributed by atoms with Crippen LogP contribution in [0.3, 0.4) is 0 Å². The van der Waals surface area contributed by atoms with Crippen molar-refractivity contribution in [3.05, 3.63) is 28.2 Å². The van der Waals surface area contributed by atoms with E-state index in [1.54, 1.807) is 0 Å². The predicted molar refractivity (Wildman–Crippen MR) is 61.4 cm³/mol. The fourth-order valence-electron chi connectivity index (χ4n) is 1.08. The van der Waals surface area contributed by atoms with E-state index >= 15 is 0 Å². The minimum absolute atomic E-state index is 0.171. The lowest BCUT2D eigenvalue weighted by Crippen LogP contribution is -2.12. The van der Waals surface area contributed by atoms with Crippen LogP contribution in [-0.4, -0.2) is 17.2 Å². The zero-order chi connectivity index (χ0) is 12.1. The first-order valence-corrected chi connectivity index (χ1v) is 5.47. The van der Waals surface area contributed by atoms with Crippen molar-refractivity contribution in [1.82, 2.24) is 0 Å². The third-order valence-corrected chi connectivity index (χ3v) is 2.58. The maximum atomic E-state index is 10.7. The summed E-state index contributed by atoms with van der Waals surface area (Å²) in [4.78, 5) is 10.7. The van der Waals surface area contributed by atoms with Gasteiger partial charge in [-0.25, -0.2) is 4.79 Å². The Morgan fingerprint density at radius 3 is 2.81 bits per heavy atom. The molecule has 0 saturated carbocycles. The van der Waals surface area contributed by atoms with Gasteiger partial charge in [0, 0.05) is 0 Å². The van der Waals surface area contributed by atoms with Gasteiger partial charge in [0.25, 0.3) is 0 Å². The van der Waals surface area contributed by atoms with Crippen LogP contribution in [0.4, 0.5) is 0 Å². The molecule has 1 rings (SSSR count). The first-order valence-electron chi connectivity index (χ1n) is 4.67. The third kappa shape index (κ3) is 2.97. The monoisotopic (exact) mass is 283 g/mol. The quantitative estimate of drug-likeness (QED) is 0.922. The van der Waals surface area contributed by atoms with Crippen LogP contribution < -0.4 is 4.74 Å². The predicted octanol–water partition coefficient (Wildman–Crippen LogP) is 2.83. The molecule has 1 unspecified atom stereocenters. The van der Waals surface area contributed by atoms with Crippen LogP contribution in [0.15, 0.2) is 22.7 Å². The summed E-state index contributed by atoms with van der Waals surface area (Å²) in [7, 11) is 0. The number of nitriles is 1. The number of carboxylic acid groups (broad SMARTS) is 1. The maximum Gasteiger partial charge on any atom is 0.335 e. The number of hydrogen-bond donors (Lipinski definition) is 1. The number of carboxylic acids is 1. The van der Waals surface area contributed by atoms with Crippen molar-refractivity contribution in [2.75, 3.05) is 0 Å². The number of ether oxygens (including phenoxy) is 1. The average molecular weight is 284 g/mol. The third-order valence-electron chi connectivity index (χ3n) is 1.96. The van der Waals surface area contributed by atoms with E-state index < -0.39 is 12.1 Å². The molecule has 0 aliphatic rings. The Bertz CT molecular complexity index is 439. The Morgan fingerprint density at radius 2 is 2.38 bits per heavy atom. The van der Waals surface area contributed by atoms with E-state index in [1.165, 1.54) is 18.2 Å². The summed E-state index contributed by atoms with van der Waals surface area (Å²) in [5.41, 5.74) is 0.171. The molecule has 1 aromatic rings. The molecule has 0 aromatic heterocycles. The number of nitrogens with zero attached hydrogens (tertiary/aromatic N) is 1. The molecule has 16 heavy (non-hydrogen) atoms. The van der Waals surface area contributed by atoms with Crippen LogP contribution in [0.25, 0.3) is 0 Å². The van der Waals surface area contributed by atoms with E-state index in [-0.39, 0.29) is 5.56 Å². The molecule has 5 heteroatoms. The number of halogens is 1. The Hall–Kier alpha value is -1.54. The van der Waals surface area contributed by atoms with Crippen molar-refractivity contribution in [3.8, 4) is 11.8 Å². The lowest BCUT2D eigenvalue weighted by Gasteiger charge is -2.11. The molecule has 0 aliphatic carbocycles. The van der Waals surface area contributed by atoms with Crippen molar-refractivity contribution >= 4 is 21.9 Å². The SMILES string of the molecule is CCC(C#N)Oc1ccc(C(=O)O)cc1Br. The smallest absolute Gasteiger partial charge is 0.335 e. The summed E-state index contributed by atoms with van der Waals surface area (Å²) in [6.45, 7) is 1.84. The van der Waals surface area contributed by atoms with Gasteiger partial charge in [0.2, 0.25) is 0 Å². The second-order valence-electron chi connectivity index (χ2n) is 3.09. The van der Waals surface area contributed by atoms with Crippen molar-refractivity contribution in [2.24, 2.45) is 0 Å². The highest BCUT2D eigenvalue weighted by Crippen LogP contribution is 2.27. The van der Waals surface area contributed by atoms with Crippen LogP contribution >= 0.6 is 15.9 Å². The van der Waals surface area contributed by atoms with Gasteiger partial charge >= 0.3 is 5.97 Å². The summed E-state index contributed by atoms with van der Waals surface area (Å²) in [6, 6.07) is 6.42. The molecule has 0 saturated heterocycles. The Balaban J connectivity index is 2.92. The summed E-state index contributed by atoms with van der Waals surface area (Å²) in [5.74, 6) is -0.530. The van der Waals surface area contributed by atoms with Crippen molar-refractivity contribution < 1.29 is 14.6 Å². The highest BCUT2D eigenvalue weighted by Gasteiger charge is 2.11. The molecule has 1 N–H and O–H groups in total. The first-order chi connectivity index (χ1) is 7.58. The van der Waals surface area contributed by atoms with E-state index in [4.69, 9.17) is 15.1 Å².